The molecule has 8 atom stereocenters. The maximum absolute atomic E-state index is 10.9. The Morgan fingerprint density at radius 2 is 1.62 bits per heavy atom. The van der Waals surface area contributed by atoms with Crippen LogP contribution in [0.25, 0.3) is 0 Å². The summed E-state index contributed by atoms with van der Waals surface area (Å²) in [6.45, 7) is 17.0. The van der Waals surface area contributed by atoms with Gasteiger partial charge in [0.15, 0.2) is 0 Å². The van der Waals surface area contributed by atoms with Gasteiger partial charge in [-0.25, -0.2) is 0 Å². The monoisotopic (exact) mass is 442 g/mol. The second-order valence-electron chi connectivity index (χ2n) is 13.5. The normalized spacial score (nSPS) is 49.7. The summed E-state index contributed by atoms with van der Waals surface area (Å²) in [6, 6.07) is 0. The number of allylic oxidation sites excluding steroid dienone is 4. The third-order valence-corrected chi connectivity index (χ3v) is 11.9. The van der Waals surface area contributed by atoms with E-state index in [0.717, 1.165) is 18.8 Å². The molecule has 0 unspecified atom stereocenters. The Kier molecular flexibility index (Phi) is 6.33. The molecule has 0 heterocycles. The summed E-state index contributed by atoms with van der Waals surface area (Å²) in [6.07, 6.45) is 14.2. The smallest absolute Gasteiger partial charge is 0.0618 e. The zero-order valence-corrected chi connectivity index (χ0v) is 22.1. The van der Waals surface area contributed by atoms with Crippen LogP contribution in [-0.2, 0) is 0 Å². The van der Waals surface area contributed by atoms with E-state index in [1.165, 1.54) is 56.9 Å². The zero-order chi connectivity index (χ0) is 23.5. The Bertz CT molecular complexity index is 791. The van der Waals surface area contributed by atoms with Crippen LogP contribution < -0.4 is 0 Å². The predicted molar refractivity (Wildman–Crippen MR) is 134 cm³/mol. The fourth-order valence-electron chi connectivity index (χ4n) is 9.79. The minimum absolute atomic E-state index is 0.121. The van der Waals surface area contributed by atoms with Gasteiger partial charge in [-0.05, 0) is 119 Å². The first-order valence-corrected chi connectivity index (χ1v) is 13.5. The molecular formula is C30H50O2. The molecule has 4 rings (SSSR count). The van der Waals surface area contributed by atoms with Gasteiger partial charge in [0.2, 0.25) is 0 Å². The Hall–Kier alpha value is -0.600. The van der Waals surface area contributed by atoms with E-state index in [4.69, 9.17) is 0 Å². The molecular weight excluding hydrogens is 392 g/mol. The molecule has 4 aliphatic carbocycles. The molecule has 0 aromatic carbocycles. The van der Waals surface area contributed by atoms with E-state index in [0.29, 0.717) is 22.7 Å². The van der Waals surface area contributed by atoms with Gasteiger partial charge in [-0.3, -0.25) is 0 Å². The van der Waals surface area contributed by atoms with Crippen molar-refractivity contribution < 1.29 is 10.2 Å². The summed E-state index contributed by atoms with van der Waals surface area (Å²) in [5.41, 5.74) is 5.57. The fraction of sp³-hybridized carbons (Fsp3) is 0.867. The first-order chi connectivity index (χ1) is 14.9. The molecule has 2 N–H and O–H groups in total. The third-order valence-electron chi connectivity index (χ3n) is 11.9. The lowest BCUT2D eigenvalue weighted by molar-refractivity contribution is -0.227. The zero-order valence-electron chi connectivity index (χ0n) is 22.1. The molecule has 0 aromatic rings. The van der Waals surface area contributed by atoms with Crippen molar-refractivity contribution in [3.05, 3.63) is 22.8 Å². The summed E-state index contributed by atoms with van der Waals surface area (Å²) in [4.78, 5) is 0. The highest BCUT2D eigenvalue weighted by Crippen LogP contribution is 2.75. The van der Waals surface area contributed by atoms with Gasteiger partial charge in [0.1, 0.15) is 0 Å². The minimum Gasteiger partial charge on any atom is -0.396 e. The number of fused-ring (bicyclic) bond motifs is 5. The van der Waals surface area contributed by atoms with Crippen molar-refractivity contribution in [2.45, 2.75) is 119 Å². The number of aliphatic hydroxyl groups excluding tert-OH is 2. The van der Waals surface area contributed by atoms with Gasteiger partial charge in [-0.2, -0.15) is 0 Å². The van der Waals surface area contributed by atoms with Crippen molar-refractivity contribution >= 4 is 0 Å². The number of hydrogen-bond acceptors (Lipinski definition) is 2. The highest BCUT2D eigenvalue weighted by atomic mass is 16.3. The van der Waals surface area contributed by atoms with Gasteiger partial charge >= 0.3 is 0 Å². The standard InChI is InChI=1S/C30H50O2/c1-20(2)9-8-10-21(3)22-13-17-29(6)23(22)11-12-25-27(4)16-15-26(32)28(5,19-31)24(27)14-18-30(25,29)7/h9,23-26,31-32H,8,10-19H2,1-7H3/t23-,24+,25-,26-,27-,28+,29-,30-/m0/s1. The summed E-state index contributed by atoms with van der Waals surface area (Å²) < 4.78 is 0. The van der Waals surface area contributed by atoms with Crippen LogP contribution in [-0.4, -0.2) is 22.9 Å². The number of rotatable bonds is 4. The quantitative estimate of drug-likeness (QED) is 0.444. The molecule has 0 spiro atoms. The molecule has 0 radical (unpaired) electrons. The van der Waals surface area contributed by atoms with Crippen molar-refractivity contribution in [1.82, 2.24) is 0 Å². The van der Waals surface area contributed by atoms with E-state index < -0.39 is 0 Å². The fourth-order valence-corrected chi connectivity index (χ4v) is 9.79. The molecule has 0 aliphatic heterocycles. The first kappa shape index (κ1) is 24.5. The van der Waals surface area contributed by atoms with Crippen molar-refractivity contribution in [3.63, 3.8) is 0 Å². The first-order valence-electron chi connectivity index (χ1n) is 13.5. The van der Waals surface area contributed by atoms with Crippen LogP contribution in [0.15, 0.2) is 22.8 Å². The van der Waals surface area contributed by atoms with Crippen LogP contribution in [0.2, 0.25) is 0 Å². The average Bonchev–Trinajstić information content (AvgIpc) is 3.09. The minimum atomic E-state index is -0.355. The Labute approximate surface area is 198 Å². The van der Waals surface area contributed by atoms with Gasteiger partial charge in [-0.15, -0.1) is 0 Å². The molecule has 0 amide bonds. The van der Waals surface area contributed by atoms with Crippen molar-refractivity contribution in [2.75, 3.05) is 6.61 Å². The van der Waals surface area contributed by atoms with E-state index in [1.54, 1.807) is 11.1 Å². The summed E-state index contributed by atoms with van der Waals surface area (Å²) in [5.74, 6) is 1.90. The molecule has 4 saturated carbocycles. The van der Waals surface area contributed by atoms with Gasteiger partial charge in [-0.1, -0.05) is 50.5 Å². The molecule has 4 fully saturated rings. The van der Waals surface area contributed by atoms with Crippen LogP contribution in [0.1, 0.15) is 113 Å². The van der Waals surface area contributed by atoms with Gasteiger partial charge < -0.3 is 10.2 Å². The molecule has 32 heavy (non-hydrogen) atoms. The predicted octanol–water partition coefficient (Wildman–Crippen LogP) is 7.45. The van der Waals surface area contributed by atoms with E-state index in [2.05, 4.69) is 54.5 Å². The Balaban J connectivity index is 1.65. The molecule has 0 bridgehead atoms. The molecule has 4 aliphatic rings. The second-order valence-corrected chi connectivity index (χ2v) is 13.5. The van der Waals surface area contributed by atoms with E-state index in [9.17, 15) is 10.2 Å². The highest BCUT2D eigenvalue weighted by Gasteiger charge is 2.68. The summed E-state index contributed by atoms with van der Waals surface area (Å²) in [7, 11) is 0. The number of aliphatic hydroxyl groups is 2. The van der Waals surface area contributed by atoms with Crippen LogP contribution >= 0.6 is 0 Å². The highest BCUT2D eigenvalue weighted by molar-refractivity contribution is 5.29. The lowest BCUT2D eigenvalue weighted by atomic mass is 9.35. The van der Waals surface area contributed by atoms with Crippen LogP contribution in [0.4, 0.5) is 0 Å². The summed E-state index contributed by atoms with van der Waals surface area (Å²) >= 11 is 0. The van der Waals surface area contributed by atoms with Crippen LogP contribution in [0.3, 0.4) is 0 Å². The molecule has 182 valence electrons. The Morgan fingerprint density at radius 1 is 0.906 bits per heavy atom. The lowest BCUT2D eigenvalue weighted by Gasteiger charge is -2.69. The maximum Gasteiger partial charge on any atom is 0.0618 e. The molecule has 0 aromatic heterocycles. The summed E-state index contributed by atoms with van der Waals surface area (Å²) in [5, 5.41) is 21.2. The second kappa shape index (κ2) is 8.26. The SMILES string of the molecule is CC(C)=CCCC(C)=C1CC[C@@]2(C)[C@H]1CC[C@H]1[C@@]3(C)CC[C@H](O)[C@](C)(CO)[C@@H]3CC[C@@]12C. The largest absolute Gasteiger partial charge is 0.396 e. The van der Waals surface area contributed by atoms with Gasteiger partial charge in [0.05, 0.1) is 12.7 Å². The molecule has 0 saturated heterocycles. The molecule has 2 nitrogen and oxygen atoms in total. The van der Waals surface area contributed by atoms with E-state index >= 15 is 0 Å². The van der Waals surface area contributed by atoms with Crippen molar-refractivity contribution in [2.24, 2.45) is 39.4 Å². The lowest BCUT2D eigenvalue weighted by Crippen LogP contribution is -2.64. The topological polar surface area (TPSA) is 40.5 Å². The van der Waals surface area contributed by atoms with Crippen LogP contribution in [0, 0.1) is 39.4 Å². The average molecular weight is 443 g/mol. The Morgan fingerprint density at radius 3 is 2.28 bits per heavy atom. The maximum atomic E-state index is 10.9. The van der Waals surface area contributed by atoms with Crippen LogP contribution in [0.5, 0.6) is 0 Å². The van der Waals surface area contributed by atoms with Crippen molar-refractivity contribution in [1.29, 1.82) is 0 Å². The van der Waals surface area contributed by atoms with Crippen molar-refractivity contribution in [3.8, 4) is 0 Å². The molecule has 2 heteroatoms. The van der Waals surface area contributed by atoms with E-state index in [1.807, 2.05) is 0 Å². The van der Waals surface area contributed by atoms with Gasteiger partial charge in [0.25, 0.3) is 0 Å². The van der Waals surface area contributed by atoms with Gasteiger partial charge in [0, 0.05) is 5.41 Å². The van der Waals surface area contributed by atoms with E-state index in [-0.39, 0.29) is 23.5 Å². The third kappa shape index (κ3) is 3.33. The number of hydrogen-bond donors (Lipinski definition) is 2.